The van der Waals surface area contributed by atoms with Crippen LogP contribution in [0.3, 0.4) is 0 Å². The monoisotopic (exact) mass is 386 g/mol. The maximum absolute atomic E-state index is 12.4. The number of rotatable bonds is 6. The van der Waals surface area contributed by atoms with Crippen molar-refractivity contribution >= 4 is 17.4 Å². The maximum Gasteiger partial charge on any atom is 0.224 e. The Morgan fingerprint density at radius 1 is 0.966 bits per heavy atom. The molecule has 29 heavy (non-hydrogen) atoms. The van der Waals surface area contributed by atoms with Crippen molar-refractivity contribution in [2.75, 3.05) is 19.4 Å². The molecule has 146 valence electrons. The topological polar surface area (TPSA) is 75.4 Å². The molecule has 4 rings (SSSR count). The van der Waals surface area contributed by atoms with Crippen LogP contribution in [-0.2, 0) is 4.79 Å². The molecular weight excluding hydrogens is 364 g/mol. The van der Waals surface area contributed by atoms with E-state index in [0.29, 0.717) is 23.7 Å². The van der Waals surface area contributed by atoms with Crippen LogP contribution in [0.1, 0.15) is 18.0 Å². The molecule has 0 fully saturated rings. The number of hydrogen-bond donors (Lipinski definition) is 1. The smallest absolute Gasteiger partial charge is 0.224 e. The summed E-state index contributed by atoms with van der Waals surface area (Å²) in [5.74, 6) is 1.36. The molecule has 0 radical (unpaired) electrons. The number of anilines is 1. The van der Waals surface area contributed by atoms with Gasteiger partial charge in [-0.2, -0.15) is 4.52 Å². The zero-order chi connectivity index (χ0) is 20.2. The zero-order valence-electron chi connectivity index (χ0n) is 16.4. The third-order valence-corrected chi connectivity index (χ3v) is 4.70. The van der Waals surface area contributed by atoms with Gasteiger partial charge in [-0.1, -0.05) is 60.7 Å². The fourth-order valence-electron chi connectivity index (χ4n) is 3.11. The average molecular weight is 386 g/mol. The van der Waals surface area contributed by atoms with Crippen molar-refractivity contribution in [1.29, 1.82) is 0 Å². The van der Waals surface area contributed by atoms with E-state index in [1.807, 2.05) is 72.8 Å². The van der Waals surface area contributed by atoms with Crippen molar-refractivity contribution in [2.45, 2.75) is 12.5 Å². The van der Waals surface area contributed by atoms with Gasteiger partial charge in [0.1, 0.15) is 5.82 Å². The molecule has 7 heteroatoms. The van der Waals surface area contributed by atoms with Gasteiger partial charge in [0, 0.05) is 19.7 Å². The number of nitrogens with one attached hydrogen (secondary N) is 1. The van der Waals surface area contributed by atoms with Crippen molar-refractivity contribution in [3.63, 3.8) is 0 Å². The molecule has 1 amide bonds. The molecule has 7 nitrogen and oxygen atoms in total. The van der Waals surface area contributed by atoms with Crippen LogP contribution in [0.25, 0.3) is 17.0 Å². The van der Waals surface area contributed by atoms with E-state index in [1.54, 1.807) is 23.5 Å². The molecule has 0 saturated heterocycles. The third kappa shape index (κ3) is 4.08. The number of benzene rings is 2. The first-order valence-electron chi connectivity index (χ1n) is 9.41. The molecule has 0 bridgehead atoms. The minimum absolute atomic E-state index is 0.0432. The van der Waals surface area contributed by atoms with Gasteiger partial charge >= 0.3 is 0 Å². The summed E-state index contributed by atoms with van der Waals surface area (Å²) in [4.78, 5) is 14.0. The van der Waals surface area contributed by atoms with Gasteiger partial charge < -0.3 is 10.2 Å². The molecule has 0 aliphatic heterocycles. The van der Waals surface area contributed by atoms with E-state index in [2.05, 4.69) is 20.6 Å². The van der Waals surface area contributed by atoms with Crippen LogP contribution < -0.4 is 5.32 Å². The molecule has 0 saturated carbocycles. The minimum atomic E-state index is -0.201. The Bertz CT molecular complexity index is 1110. The summed E-state index contributed by atoms with van der Waals surface area (Å²) in [6.45, 7) is 0. The average Bonchev–Trinajstić information content (AvgIpc) is 3.17. The van der Waals surface area contributed by atoms with Crippen LogP contribution in [0.4, 0.5) is 5.82 Å². The predicted molar refractivity (Wildman–Crippen MR) is 112 cm³/mol. The first kappa shape index (κ1) is 18.6. The van der Waals surface area contributed by atoms with Crippen LogP contribution in [-0.4, -0.2) is 44.7 Å². The van der Waals surface area contributed by atoms with Crippen molar-refractivity contribution in [2.24, 2.45) is 0 Å². The first-order chi connectivity index (χ1) is 14.1. The second-order valence-corrected chi connectivity index (χ2v) is 6.98. The van der Waals surface area contributed by atoms with Crippen LogP contribution >= 0.6 is 0 Å². The van der Waals surface area contributed by atoms with E-state index in [1.165, 1.54) is 0 Å². The van der Waals surface area contributed by atoms with Crippen LogP contribution in [0.15, 0.2) is 72.8 Å². The number of amides is 1. The standard InChI is InChI=1S/C22H22N6O/c1-27(2)21(29)15-18(16-9-5-3-6-10-16)23-19-13-14-20-24-25-22(28(20)26-19)17-11-7-4-8-12-17/h3-14,18H,15H2,1-2H3,(H,23,26)/t18-/m0/s1. The van der Waals surface area contributed by atoms with Gasteiger partial charge in [-0.15, -0.1) is 15.3 Å². The number of carbonyl (C=O) groups excluding carboxylic acids is 1. The fourth-order valence-corrected chi connectivity index (χ4v) is 3.11. The Morgan fingerprint density at radius 3 is 2.34 bits per heavy atom. The summed E-state index contributed by atoms with van der Waals surface area (Å²) in [5, 5.41) is 16.6. The van der Waals surface area contributed by atoms with Crippen molar-refractivity contribution in [1.82, 2.24) is 24.7 Å². The highest BCUT2D eigenvalue weighted by Gasteiger charge is 2.18. The number of carbonyl (C=O) groups is 1. The van der Waals surface area contributed by atoms with Gasteiger partial charge in [0.2, 0.25) is 5.91 Å². The summed E-state index contributed by atoms with van der Waals surface area (Å²) in [6.07, 6.45) is 0.324. The number of aromatic nitrogens is 4. The highest BCUT2D eigenvalue weighted by Crippen LogP contribution is 2.24. The highest BCUT2D eigenvalue weighted by molar-refractivity contribution is 5.77. The SMILES string of the molecule is CN(C)C(=O)C[C@H](Nc1ccc2nnc(-c3ccccc3)n2n1)c1ccccc1. The lowest BCUT2D eigenvalue weighted by Crippen LogP contribution is -2.26. The van der Waals surface area contributed by atoms with E-state index in [9.17, 15) is 4.79 Å². The maximum atomic E-state index is 12.4. The predicted octanol–water partition coefficient (Wildman–Crippen LogP) is 3.42. The zero-order valence-corrected chi connectivity index (χ0v) is 16.4. The lowest BCUT2D eigenvalue weighted by molar-refractivity contribution is -0.128. The van der Waals surface area contributed by atoms with Crippen molar-refractivity contribution in [3.05, 3.63) is 78.4 Å². The normalized spacial score (nSPS) is 11.9. The second kappa shape index (κ2) is 8.10. The van der Waals surface area contributed by atoms with Crippen LogP contribution in [0, 0.1) is 0 Å². The molecular formula is C22H22N6O. The largest absolute Gasteiger partial charge is 0.361 e. The van der Waals surface area contributed by atoms with Gasteiger partial charge in [-0.3, -0.25) is 4.79 Å². The molecule has 0 unspecified atom stereocenters. The van der Waals surface area contributed by atoms with Gasteiger partial charge in [-0.25, -0.2) is 0 Å². The molecule has 2 aromatic carbocycles. The molecule has 2 heterocycles. The highest BCUT2D eigenvalue weighted by atomic mass is 16.2. The van der Waals surface area contributed by atoms with E-state index >= 15 is 0 Å². The van der Waals surface area contributed by atoms with Crippen LogP contribution in [0.5, 0.6) is 0 Å². The molecule has 2 aromatic heterocycles. The third-order valence-electron chi connectivity index (χ3n) is 4.70. The second-order valence-electron chi connectivity index (χ2n) is 6.98. The molecule has 0 aliphatic carbocycles. The van der Waals surface area contributed by atoms with E-state index in [0.717, 1.165) is 11.1 Å². The molecule has 0 aliphatic rings. The summed E-state index contributed by atoms with van der Waals surface area (Å²) in [6, 6.07) is 23.2. The number of fused-ring (bicyclic) bond motifs is 1. The quantitative estimate of drug-likeness (QED) is 0.550. The molecule has 4 aromatic rings. The summed E-state index contributed by atoms with van der Waals surface area (Å²) >= 11 is 0. The van der Waals surface area contributed by atoms with Crippen LogP contribution in [0.2, 0.25) is 0 Å². The van der Waals surface area contributed by atoms with Crippen molar-refractivity contribution < 1.29 is 4.79 Å². The van der Waals surface area contributed by atoms with Gasteiger partial charge in [-0.05, 0) is 17.7 Å². The van der Waals surface area contributed by atoms with Gasteiger partial charge in [0.25, 0.3) is 0 Å². The van der Waals surface area contributed by atoms with Gasteiger partial charge in [0.05, 0.1) is 12.5 Å². The Balaban J connectivity index is 1.68. The van der Waals surface area contributed by atoms with E-state index in [4.69, 9.17) is 0 Å². The summed E-state index contributed by atoms with van der Waals surface area (Å²) in [7, 11) is 3.52. The fraction of sp³-hybridized carbons (Fsp3) is 0.182. The lowest BCUT2D eigenvalue weighted by Gasteiger charge is -2.21. The number of hydrogen-bond acceptors (Lipinski definition) is 5. The number of nitrogens with zero attached hydrogens (tertiary/aromatic N) is 5. The first-order valence-corrected chi connectivity index (χ1v) is 9.41. The Labute approximate surface area is 169 Å². The summed E-state index contributed by atoms with van der Waals surface area (Å²) < 4.78 is 1.72. The summed E-state index contributed by atoms with van der Waals surface area (Å²) in [5.41, 5.74) is 2.62. The Morgan fingerprint density at radius 2 is 1.66 bits per heavy atom. The minimum Gasteiger partial charge on any atom is -0.361 e. The van der Waals surface area contributed by atoms with Gasteiger partial charge in [0.15, 0.2) is 11.5 Å². The Kier molecular flexibility index (Phi) is 5.20. The molecule has 0 spiro atoms. The Hall–Kier alpha value is -3.74. The lowest BCUT2D eigenvalue weighted by atomic mass is 10.0. The van der Waals surface area contributed by atoms with E-state index < -0.39 is 0 Å². The van der Waals surface area contributed by atoms with E-state index in [-0.39, 0.29) is 11.9 Å². The van der Waals surface area contributed by atoms with Crippen molar-refractivity contribution in [3.8, 4) is 11.4 Å². The molecule has 1 atom stereocenters. The molecule has 1 N–H and O–H groups in total.